The van der Waals surface area contributed by atoms with E-state index in [1.54, 1.807) is 0 Å². The van der Waals surface area contributed by atoms with E-state index in [9.17, 15) is 0 Å². The summed E-state index contributed by atoms with van der Waals surface area (Å²) in [5, 5.41) is 1.58. The Kier molecular flexibility index (Phi) is 2.32. The van der Waals surface area contributed by atoms with Crippen LogP contribution in [0.3, 0.4) is 0 Å². The first-order valence-corrected chi connectivity index (χ1v) is 4.95. The van der Waals surface area contributed by atoms with Gasteiger partial charge in [0.1, 0.15) is 11.3 Å². The van der Waals surface area contributed by atoms with Crippen molar-refractivity contribution in [2.75, 3.05) is 0 Å². The number of halogens is 2. The van der Waals surface area contributed by atoms with Gasteiger partial charge >= 0.3 is 0 Å². The average Bonchev–Trinajstić information content (AvgIpc) is 2.47. The average molecular weight is 261 g/mol. The molecule has 0 atom stereocenters. The summed E-state index contributed by atoms with van der Waals surface area (Å²) >= 11 is 9.34. The van der Waals surface area contributed by atoms with E-state index >= 15 is 0 Å². The monoisotopic (exact) mass is 259 g/mol. The molecule has 0 aliphatic rings. The molecular weight excluding hydrogens is 253 g/mol. The highest BCUT2D eigenvalue weighted by Crippen LogP contribution is 2.30. The molecule has 0 bridgehead atoms. The van der Waals surface area contributed by atoms with Crippen molar-refractivity contribution in [3.8, 4) is 0 Å². The minimum atomic E-state index is 0.391. The lowest BCUT2D eigenvalue weighted by Gasteiger charge is -1.93. The third-order valence-electron chi connectivity index (χ3n) is 1.80. The molecule has 13 heavy (non-hydrogen) atoms. The van der Waals surface area contributed by atoms with E-state index in [2.05, 4.69) is 15.9 Å². The maximum absolute atomic E-state index is 6.00. The van der Waals surface area contributed by atoms with E-state index in [1.807, 2.05) is 18.2 Å². The highest BCUT2D eigenvalue weighted by atomic mass is 79.9. The van der Waals surface area contributed by atoms with Crippen LogP contribution in [0.5, 0.6) is 0 Å². The summed E-state index contributed by atoms with van der Waals surface area (Å²) < 4.78 is 6.34. The second kappa shape index (κ2) is 3.33. The first kappa shape index (κ1) is 9.06. The second-order valence-corrected chi connectivity index (χ2v) is 4.04. The fourth-order valence-corrected chi connectivity index (χ4v) is 2.05. The van der Waals surface area contributed by atoms with Gasteiger partial charge in [-0.2, -0.15) is 0 Å². The highest BCUT2D eigenvalue weighted by Gasteiger charge is 2.06. The summed E-state index contributed by atoms with van der Waals surface area (Å²) in [6, 6.07) is 5.57. The molecule has 2 nitrogen and oxygen atoms in total. The Morgan fingerprint density at radius 2 is 2.15 bits per heavy atom. The van der Waals surface area contributed by atoms with Gasteiger partial charge in [0.05, 0.1) is 11.6 Å². The molecule has 0 amide bonds. The van der Waals surface area contributed by atoms with Crippen LogP contribution >= 0.6 is 27.5 Å². The maximum atomic E-state index is 6.00. The van der Waals surface area contributed by atoms with Crippen LogP contribution in [0.2, 0.25) is 5.02 Å². The van der Waals surface area contributed by atoms with Gasteiger partial charge in [0.15, 0.2) is 0 Å². The van der Waals surface area contributed by atoms with Crippen LogP contribution < -0.4 is 5.73 Å². The standard InChI is InChI=1S/C9H7BrClNO/c10-5-1-8(11)7-3-6(4-12)13-9(7)2-5/h1-3H,4,12H2. The summed E-state index contributed by atoms with van der Waals surface area (Å²) in [7, 11) is 0. The molecule has 2 rings (SSSR count). The number of fused-ring (bicyclic) bond motifs is 1. The third kappa shape index (κ3) is 1.59. The van der Waals surface area contributed by atoms with E-state index in [1.165, 1.54) is 0 Å². The summed E-state index contributed by atoms with van der Waals surface area (Å²) in [5.41, 5.74) is 6.22. The molecular formula is C9H7BrClNO. The molecule has 0 saturated heterocycles. The molecule has 0 radical (unpaired) electrons. The molecule has 1 aromatic heterocycles. The summed E-state index contributed by atoms with van der Waals surface area (Å²) in [6.07, 6.45) is 0. The smallest absolute Gasteiger partial charge is 0.136 e. The summed E-state index contributed by atoms with van der Waals surface area (Å²) in [6.45, 7) is 0.391. The van der Waals surface area contributed by atoms with E-state index in [0.717, 1.165) is 21.2 Å². The number of furan rings is 1. The third-order valence-corrected chi connectivity index (χ3v) is 2.57. The molecule has 1 heterocycles. The normalized spacial score (nSPS) is 11.0. The molecule has 2 aromatic rings. The zero-order valence-electron chi connectivity index (χ0n) is 6.68. The topological polar surface area (TPSA) is 39.2 Å². The van der Waals surface area contributed by atoms with Gasteiger partial charge in [0.25, 0.3) is 0 Å². The van der Waals surface area contributed by atoms with Crippen molar-refractivity contribution >= 4 is 38.5 Å². The maximum Gasteiger partial charge on any atom is 0.136 e. The van der Waals surface area contributed by atoms with Crippen molar-refractivity contribution in [3.63, 3.8) is 0 Å². The predicted molar refractivity (Wildman–Crippen MR) is 56.8 cm³/mol. The van der Waals surface area contributed by atoms with Gasteiger partial charge in [0, 0.05) is 9.86 Å². The van der Waals surface area contributed by atoms with E-state index in [0.29, 0.717) is 11.6 Å². The molecule has 0 saturated carbocycles. The lowest BCUT2D eigenvalue weighted by atomic mass is 10.2. The molecule has 2 N–H and O–H groups in total. The van der Waals surface area contributed by atoms with Gasteiger partial charge in [-0.3, -0.25) is 0 Å². The SMILES string of the molecule is NCc1cc2c(Cl)cc(Br)cc2o1. The molecule has 0 fully saturated rings. The first-order valence-electron chi connectivity index (χ1n) is 3.78. The van der Waals surface area contributed by atoms with Gasteiger partial charge in [-0.05, 0) is 18.2 Å². The molecule has 4 heteroatoms. The van der Waals surface area contributed by atoms with Crippen molar-refractivity contribution in [1.82, 2.24) is 0 Å². The van der Waals surface area contributed by atoms with Crippen LogP contribution in [0.1, 0.15) is 5.76 Å². The summed E-state index contributed by atoms with van der Waals surface area (Å²) in [5.74, 6) is 0.745. The minimum absolute atomic E-state index is 0.391. The summed E-state index contributed by atoms with van der Waals surface area (Å²) in [4.78, 5) is 0. The molecule has 0 aliphatic carbocycles. The number of nitrogens with two attached hydrogens (primary N) is 1. The number of rotatable bonds is 1. The van der Waals surface area contributed by atoms with Crippen LogP contribution in [-0.2, 0) is 6.54 Å². The number of benzene rings is 1. The Balaban J connectivity index is 2.75. The van der Waals surface area contributed by atoms with Crippen molar-refractivity contribution in [1.29, 1.82) is 0 Å². The Morgan fingerprint density at radius 1 is 1.38 bits per heavy atom. The highest BCUT2D eigenvalue weighted by molar-refractivity contribution is 9.10. The zero-order valence-corrected chi connectivity index (χ0v) is 9.02. The van der Waals surface area contributed by atoms with Crippen LogP contribution in [-0.4, -0.2) is 0 Å². The van der Waals surface area contributed by atoms with Crippen LogP contribution in [0.4, 0.5) is 0 Å². The Morgan fingerprint density at radius 3 is 2.85 bits per heavy atom. The van der Waals surface area contributed by atoms with Crippen LogP contribution in [0.25, 0.3) is 11.0 Å². The van der Waals surface area contributed by atoms with Crippen LogP contribution in [0, 0.1) is 0 Å². The van der Waals surface area contributed by atoms with Crippen LogP contribution in [0.15, 0.2) is 27.1 Å². The van der Waals surface area contributed by atoms with Crippen molar-refractivity contribution < 1.29 is 4.42 Å². The van der Waals surface area contributed by atoms with Crippen molar-refractivity contribution in [3.05, 3.63) is 33.5 Å². The minimum Gasteiger partial charge on any atom is -0.460 e. The van der Waals surface area contributed by atoms with Gasteiger partial charge in [-0.1, -0.05) is 27.5 Å². The Labute approximate surface area is 88.8 Å². The lowest BCUT2D eigenvalue weighted by molar-refractivity contribution is 0.552. The second-order valence-electron chi connectivity index (χ2n) is 2.72. The van der Waals surface area contributed by atoms with Gasteiger partial charge in [-0.15, -0.1) is 0 Å². The number of hydrogen-bond donors (Lipinski definition) is 1. The molecule has 0 unspecified atom stereocenters. The largest absolute Gasteiger partial charge is 0.460 e. The fraction of sp³-hybridized carbons (Fsp3) is 0.111. The first-order chi connectivity index (χ1) is 6.20. The number of hydrogen-bond acceptors (Lipinski definition) is 2. The van der Waals surface area contributed by atoms with Gasteiger partial charge in [-0.25, -0.2) is 0 Å². The Hall–Kier alpha value is -0.510. The quantitative estimate of drug-likeness (QED) is 0.854. The molecule has 0 spiro atoms. The van der Waals surface area contributed by atoms with Gasteiger partial charge < -0.3 is 10.2 Å². The van der Waals surface area contributed by atoms with Gasteiger partial charge in [0.2, 0.25) is 0 Å². The Bertz CT molecular complexity index is 452. The zero-order chi connectivity index (χ0) is 9.42. The predicted octanol–water partition coefficient (Wildman–Crippen LogP) is 3.31. The molecule has 1 aromatic carbocycles. The fourth-order valence-electron chi connectivity index (χ4n) is 1.22. The lowest BCUT2D eigenvalue weighted by Crippen LogP contribution is -1.92. The van der Waals surface area contributed by atoms with E-state index in [4.69, 9.17) is 21.8 Å². The van der Waals surface area contributed by atoms with Crippen molar-refractivity contribution in [2.24, 2.45) is 5.73 Å². The van der Waals surface area contributed by atoms with E-state index < -0.39 is 0 Å². The van der Waals surface area contributed by atoms with E-state index in [-0.39, 0.29) is 0 Å². The van der Waals surface area contributed by atoms with Crippen molar-refractivity contribution in [2.45, 2.75) is 6.54 Å². The molecule has 0 aliphatic heterocycles. The molecule has 68 valence electrons.